The molecule has 20 heavy (non-hydrogen) atoms. The van der Waals surface area contributed by atoms with Crippen LogP contribution in [0.15, 0.2) is 30.6 Å². The third kappa shape index (κ3) is 2.37. The zero-order valence-corrected chi connectivity index (χ0v) is 10.1. The van der Waals surface area contributed by atoms with Crippen molar-refractivity contribution >= 4 is 5.97 Å². The predicted octanol–water partition coefficient (Wildman–Crippen LogP) is 1.80. The molecule has 1 aliphatic rings. The first-order valence-corrected chi connectivity index (χ1v) is 5.79. The highest BCUT2D eigenvalue weighted by atomic mass is 19.1. The molecule has 0 aliphatic carbocycles. The molecule has 0 fully saturated rings. The molecule has 102 valence electrons. The summed E-state index contributed by atoms with van der Waals surface area (Å²) in [5.74, 6) is -0.720. The van der Waals surface area contributed by atoms with Gasteiger partial charge in [-0.15, -0.1) is 0 Å². The molecular weight excluding hydrogens is 267 g/mol. The SMILES string of the molecule is O=C(O)C1Cc2ccc(Oc3ncc(F)cn3)cc2O1. The monoisotopic (exact) mass is 276 g/mol. The average Bonchev–Trinajstić information content (AvgIpc) is 2.85. The molecule has 3 rings (SSSR count). The van der Waals surface area contributed by atoms with Gasteiger partial charge in [-0.1, -0.05) is 6.07 Å². The van der Waals surface area contributed by atoms with Crippen molar-refractivity contribution in [1.29, 1.82) is 0 Å². The molecule has 1 atom stereocenters. The second kappa shape index (κ2) is 4.76. The molecule has 1 N–H and O–H groups in total. The van der Waals surface area contributed by atoms with Gasteiger partial charge >= 0.3 is 12.0 Å². The first kappa shape index (κ1) is 12.3. The summed E-state index contributed by atoms with van der Waals surface area (Å²) in [5.41, 5.74) is 0.796. The number of hydrogen-bond acceptors (Lipinski definition) is 5. The van der Waals surface area contributed by atoms with Crippen molar-refractivity contribution in [3.8, 4) is 17.5 Å². The number of carboxylic acids is 1. The standard InChI is InChI=1S/C13H9FN2O4/c14-8-5-15-13(16-6-8)19-9-2-1-7-3-11(12(17)18)20-10(7)4-9/h1-2,4-6,11H,3H2,(H,17,18). The highest BCUT2D eigenvalue weighted by molar-refractivity contribution is 5.74. The van der Waals surface area contributed by atoms with Crippen LogP contribution in [0.25, 0.3) is 0 Å². The predicted molar refractivity (Wildman–Crippen MR) is 64.3 cm³/mol. The normalized spacial score (nSPS) is 16.4. The number of carbonyl (C=O) groups is 1. The summed E-state index contributed by atoms with van der Waals surface area (Å²) in [6.07, 6.45) is 1.43. The lowest BCUT2D eigenvalue weighted by molar-refractivity contribution is -0.144. The number of carboxylic acid groups (broad SMARTS) is 1. The Balaban J connectivity index is 1.79. The molecule has 2 aromatic rings. The highest BCUT2D eigenvalue weighted by Crippen LogP contribution is 2.33. The van der Waals surface area contributed by atoms with Gasteiger partial charge in [-0.2, -0.15) is 0 Å². The fourth-order valence-corrected chi connectivity index (χ4v) is 1.87. The summed E-state index contributed by atoms with van der Waals surface area (Å²) in [7, 11) is 0. The minimum absolute atomic E-state index is 0.000804. The largest absolute Gasteiger partial charge is 0.478 e. The van der Waals surface area contributed by atoms with Crippen molar-refractivity contribution in [2.24, 2.45) is 0 Å². The van der Waals surface area contributed by atoms with Gasteiger partial charge in [0.05, 0.1) is 12.4 Å². The van der Waals surface area contributed by atoms with Crippen molar-refractivity contribution < 1.29 is 23.8 Å². The Morgan fingerprint density at radius 2 is 2.15 bits per heavy atom. The van der Waals surface area contributed by atoms with Crippen LogP contribution in [0.1, 0.15) is 5.56 Å². The first-order valence-electron chi connectivity index (χ1n) is 5.79. The van der Waals surface area contributed by atoms with Crippen LogP contribution in [0.4, 0.5) is 4.39 Å². The Morgan fingerprint density at radius 3 is 2.85 bits per heavy atom. The van der Waals surface area contributed by atoms with Gasteiger partial charge in [-0.05, 0) is 11.6 Å². The first-order chi connectivity index (χ1) is 9.61. The van der Waals surface area contributed by atoms with Gasteiger partial charge in [0.25, 0.3) is 0 Å². The molecule has 1 aromatic heterocycles. The van der Waals surface area contributed by atoms with Crippen LogP contribution in [0, 0.1) is 5.82 Å². The quantitative estimate of drug-likeness (QED) is 0.920. The van der Waals surface area contributed by atoms with Crippen LogP contribution in [0.5, 0.6) is 17.5 Å². The fraction of sp³-hybridized carbons (Fsp3) is 0.154. The number of nitrogens with zero attached hydrogens (tertiary/aromatic N) is 2. The second-order valence-corrected chi connectivity index (χ2v) is 4.20. The maximum atomic E-state index is 12.7. The van der Waals surface area contributed by atoms with Crippen LogP contribution >= 0.6 is 0 Å². The van der Waals surface area contributed by atoms with Gasteiger partial charge in [0.2, 0.25) is 0 Å². The van der Waals surface area contributed by atoms with E-state index in [0.717, 1.165) is 18.0 Å². The summed E-state index contributed by atoms with van der Waals surface area (Å²) in [5, 5.41) is 8.90. The van der Waals surface area contributed by atoms with Gasteiger partial charge < -0.3 is 14.6 Å². The molecule has 0 bridgehead atoms. The van der Waals surface area contributed by atoms with Crippen molar-refractivity contribution in [2.45, 2.75) is 12.5 Å². The topological polar surface area (TPSA) is 81.5 Å². The maximum absolute atomic E-state index is 12.7. The highest BCUT2D eigenvalue weighted by Gasteiger charge is 2.29. The molecule has 1 aromatic carbocycles. The van der Waals surface area contributed by atoms with E-state index in [-0.39, 0.29) is 6.01 Å². The minimum atomic E-state index is -1.01. The minimum Gasteiger partial charge on any atom is -0.478 e. The molecular formula is C13H9FN2O4. The number of hydrogen-bond donors (Lipinski definition) is 1. The van der Waals surface area contributed by atoms with Crippen LogP contribution in [0.2, 0.25) is 0 Å². The molecule has 1 aliphatic heterocycles. The fourth-order valence-electron chi connectivity index (χ4n) is 1.87. The van der Waals surface area contributed by atoms with Crippen molar-refractivity contribution in [3.05, 3.63) is 42.0 Å². The molecule has 7 heteroatoms. The lowest BCUT2D eigenvalue weighted by Gasteiger charge is -2.06. The Morgan fingerprint density at radius 1 is 1.40 bits per heavy atom. The summed E-state index contributed by atoms with van der Waals surface area (Å²) in [6.45, 7) is 0. The lowest BCUT2D eigenvalue weighted by Crippen LogP contribution is -2.24. The van der Waals surface area contributed by atoms with Crippen molar-refractivity contribution in [3.63, 3.8) is 0 Å². The lowest BCUT2D eigenvalue weighted by atomic mass is 10.1. The van der Waals surface area contributed by atoms with Gasteiger partial charge in [-0.3, -0.25) is 0 Å². The number of ether oxygens (including phenoxy) is 2. The van der Waals surface area contributed by atoms with Crippen LogP contribution < -0.4 is 9.47 Å². The zero-order valence-electron chi connectivity index (χ0n) is 10.1. The maximum Gasteiger partial charge on any atom is 0.345 e. The van der Waals surface area contributed by atoms with E-state index in [1.807, 2.05) is 0 Å². The van der Waals surface area contributed by atoms with E-state index < -0.39 is 17.9 Å². The molecule has 0 spiro atoms. The molecule has 2 heterocycles. The van der Waals surface area contributed by atoms with E-state index in [2.05, 4.69) is 9.97 Å². The van der Waals surface area contributed by atoms with Crippen LogP contribution in [0.3, 0.4) is 0 Å². The van der Waals surface area contributed by atoms with E-state index in [9.17, 15) is 9.18 Å². The summed E-state index contributed by atoms with van der Waals surface area (Å²) in [4.78, 5) is 18.2. The van der Waals surface area contributed by atoms with Gasteiger partial charge in [-0.25, -0.2) is 19.2 Å². The molecule has 0 saturated heterocycles. The number of halogens is 1. The van der Waals surface area contributed by atoms with Gasteiger partial charge in [0, 0.05) is 12.5 Å². The average molecular weight is 276 g/mol. The third-order valence-corrected chi connectivity index (χ3v) is 2.79. The Labute approximate surface area is 112 Å². The van der Waals surface area contributed by atoms with Crippen molar-refractivity contribution in [2.75, 3.05) is 0 Å². The summed E-state index contributed by atoms with van der Waals surface area (Å²) < 4.78 is 23.3. The van der Waals surface area contributed by atoms with E-state index in [1.54, 1.807) is 18.2 Å². The number of aliphatic carboxylic acids is 1. The number of aromatic nitrogens is 2. The van der Waals surface area contributed by atoms with Crippen LogP contribution in [-0.2, 0) is 11.2 Å². The third-order valence-electron chi connectivity index (χ3n) is 2.79. The summed E-state index contributed by atoms with van der Waals surface area (Å²) in [6, 6.07) is 4.93. The number of rotatable bonds is 3. The van der Waals surface area contributed by atoms with Crippen molar-refractivity contribution in [1.82, 2.24) is 9.97 Å². The number of benzene rings is 1. The molecule has 0 saturated carbocycles. The van der Waals surface area contributed by atoms with Gasteiger partial charge in [0.1, 0.15) is 11.5 Å². The molecule has 0 amide bonds. The Kier molecular flexibility index (Phi) is 2.94. The van der Waals surface area contributed by atoms with E-state index in [0.29, 0.717) is 17.9 Å². The molecule has 6 nitrogen and oxygen atoms in total. The number of fused-ring (bicyclic) bond motifs is 1. The summed E-state index contributed by atoms with van der Waals surface area (Å²) >= 11 is 0. The van der Waals surface area contributed by atoms with Gasteiger partial charge in [0.15, 0.2) is 11.9 Å². The smallest absolute Gasteiger partial charge is 0.345 e. The zero-order chi connectivity index (χ0) is 14.1. The second-order valence-electron chi connectivity index (χ2n) is 4.20. The van der Waals surface area contributed by atoms with E-state index in [4.69, 9.17) is 14.6 Å². The molecule has 1 unspecified atom stereocenters. The van der Waals surface area contributed by atoms with Crippen LogP contribution in [-0.4, -0.2) is 27.1 Å². The Bertz CT molecular complexity index is 660. The molecule has 0 radical (unpaired) electrons. The Hall–Kier alpha value is -2.70. The van der Waals surface area contributed by atoms with E-state index >= 15 is 0 Å². The van der Waals surface area contributed by atoms with E-state index in [1.165, 1.54) is 0 Å².